The average molecular weight is 470 g/mol. The van der Waals surface area contributed by atoms with Gasteiger partial charge in [0.25, 0.3) is 0 Å². The summed E-state index contributed by atoms with van der Waals surface area (Å²) in [6, 6.07) is -5.66. The smallest absolute Gasteiger partial charge is 0.162 e. The first-order chi connectivity index (χ1) is 24.0. The standard InChI is InChI=1S/C22H24ClFN4O3/c1-29-20-13-19-16(12-21(20)31-8-2-5-28-6-9-30-10-7-28)22(26-14-25-19)27-15-3-4-18(24)17(23)11-15/h3-4,11-14H,2,5-10H2,1H3,(H,25,26,27)/i1D3,2D2,3D,4D,5D2,6D2,7D2,8D2,9D2,10D2,11D,12D,13D,14D. The molecule has 0 spiro atoms. The van der Waals surface area contributed by atoms with Crippen molar-refractivity contribution >= 4 is 34.0 Å². The van der Waals surface area contributed by atoms with Gasteiger partial charge in [0.2, 0.25) is 0 Å². The molecule has 1 saturated heterocycles. The van der Waals surface area contributed by atoms with Gasteiger partial charge in [0.15, 0.2) is 11.5 Å². The number of rotatable bonds is 8. The Bertz CT molecular complexity index is 1980. The number of nitrogens with zero attached hydrogens (tertiary/aromatic N) is 3. The normalized spacial score (nSPS) is 33.7. The van der Waals surface area contributed by atoms with Gasteiger partial charge in [-0.3, -0.25) is 4.90 Å². The molecule has 9 heteroatoms. The van der Waals surface area contributed by atoms with E-state index >= 15 is 0 Å². The Labute approximate surface area is 217 Å². The predicted molar refractivity (Wildman–Crippen MR) is 118 cm³/mol. The van der Waals surface area contributed by atoms with Crippen LogP contribution in [0.2, 0.25) is 5.02 Å². The van der Waals surface area contributed by atoms with Gasteiger partial charge in [-0.25, -0.2) is 14.4 Å². The Morgan fingerprint density at radius 1 is 1.32 bits per heavy atom. The van der Waals surface area contributed by atoms with Gasteiger partial charge in [0.05, 0.1) is 56.4 Å². The highest BCUT2D eigenvalue weighted by Gasteiger charge is 2.14. The zero-order valence-corrected chi connectivity index (χ0v) is 15.6. The quantitative estimate of drug-likeness (QED) is 0.528. The molecule has 0 aliphatic carbocycles. The van der Waals surface area contributed by atoms with E-state index in [9.17, 15) is 4.39 Å². The number of nitrogens with one attached hydrogen (secondary N) is 1. The monoisotopic (exact) mass is 469 g/mol. The summed E-state index contributed by atoms with van der Waals surface area (Å²) in [7, 11) is -3.57. The van der Waals surface area contributed by atoms with E-state index in [-0.39, 0.29) is 0 Å². The highest BCUT2D eigenvalue weighted by Crippen LogP contribution is 2.35. The van der Waals surface area contributed by atoms with Gasteiger partial charge < -0.3 is 19.5 Å². The zero-order chi connectivity index (χ0) is 41.9. The van der Waals surface area contributed by atoms with E-state index in [4.69, 9.17) is 52.6 Å². The summed E-state index contributed by atoms with van der Waals surface area (Å²) in [4.78, 5) is 6.40. The maximum atomic E-state index is 14.3. The van der Waals surface area contributed by atoms with Crippen LogP contribution < -0.4 is 14.8 Å². The molecular weight excluding hydrogens is 423 g/mol. The first-order valence-electron chi connectivity index (χ1n) is 19.4. The van der Waals surface area contributed by atoms with Gasteiger partial charge in [0.1, 0.15) is 19.3 Å². The molecule has 1 aliphatic heterocycles. The van der Waals surface area contributed by atoms with Gasteiger partial charge >= 0.3 is 0 Å². The fourth-order valence-corrected chi connectivity index (χ4v) is 2.22. The van der Waals surface area contributed by atoms with E-state index in [0.29, 0.717) is 0 Å². The van der Waals surface area contributed by atoms with Crippen LogP contribution >= 0.6 is 11.6 Å². The second kappa shape index (κ2) is 10.1. The van der Waals surface area contributed by atoms with Crippen LogP contribution in [0.5, 0.6) is 11.5 Å². The molecule has 3 aromatic rings. The number of aromatic nitrogens is 2. The molecule has 1 N–H and O–H groups in total. The summed E-state index contributed by atoms with van der Waals surface area (Å²) in [5, 5.41) is 0.445. The van der Waals surface area contributed by atoms with E-state index in [1.54, 1.807) is 0 Å². The molecule has 2 heterocycles. The molecule has 31 heavy (non-hydrogen) atoms. The molecule has 0 radical (unpaired) electrons. The number of fused-ring (bicyclic) bond motifs is 1. The molecule has 0 bridgehead atoms. The van der Waals surface area contributed by atoms with Crippen molar-refractivity contribution in [1.82, 2.24) is 14.9 Å². The summed E-state index contributed by atoms with van der Waals surface area (Å²) < 4.78 is 215. The molecule has 0 amide bonds. The predicted octanol–water partition coefficient (Wildman–Crippen LogP) is 4.28. The lowest BCUT2D eigenvalue weighted by Gasteiger charge is -2.26. The van der Waals surface area contributed by atoms with Gasteiger partial charge in [-0.15, -0.1) is 0 Å². The second-order valence-corrected chi connectivity index (χ2v) is 5.59. The minimum atomic E-state index is -4.51. The van der Waals surface area contributed by atoms with E-state index in [1.165, 1.54) is 0 Å². The summed E-state index contributed by atoms with van der Waals surface area (Å²) in [5.41, 5.74) is -1.61. The summed E-state index contributed by atoms with van der Waals surface area (Å²) in [6.45, 7) is -25.0. The van der Waals surface area contributed by atoms with E-state index < -0.39 is 139 Å². The van der Waals surface area contributed by atoms with Gasteiger partial charge in [0, 0.05) is 47.6 Å². The number of hydrogen-bond donors (Lipinski definition) is 1. The average Bonchev–Trinajstić information content (AvgIpc) is 2.99. The molecule has 1 aliphatic rings. The van der Waals surface area contributed by atoms with Crippen molar-refractivity contribution in [3.05, 3.63) is 47.4 Å². The Kier molecular flexibility index (Phi) is 2.33. The number of halogens is 2. The van der Waals surface area contributed by atoms with Crippen molar-refractivity contribution in [1.29, 1.82) is 0 Å². The van der Waals surface area contributed by atoms with Crippen LogP contribution in [0.25, 0.3) is 10.9 Å². The van der Waals surface area contributed by atoms with E-state index in [2.05, 4.69) is 20.0 Å². The van der Waals surface area contributed by atoms with Crippen molar-refractivity contribution < 1.29 is 50.1 Å². The van der Waals surface area contributed by atoms with Crippen LogP contribution in [0.1, 0.15) is 37.9 Å². The molecule has 0 unspecified atom stereocenters. The first-order valence-corrected chi connectivity index (χ1v) is 8.30. The van der Waals surface area contributed by atoms with E-state index in [1.807, 2.05) is 0 Å². The van der Waals surface area contributed by atoms with Crippen LogP contribution in [0.4, 0.5) is 15.9 Å². The fourth-order valence-electron chi connectivity index (χ4n) is 2.08. The first kappa shape index (κ1) is 7.16. The van der Waals surface area contributed by atoms with Gasteiger partial charge in [-0.05, 0) is 30.5 Å². The molecule has 1 fully saturated rings. The van der Waals surface area contributed by atoms with Crippen LogP contribution in [-0.2, 0) is 4.74 Å². The number of ether oxygens (including phenoxy) is 3. The molecule has 7 nitrogen and oxygen atoms in total. The molecule has 2 aromatic carbocycles. The highest BCUT2D eigenvalue weighted by molar-refractivity contribution is 6.31. The van der Waals surface area contributed by atoms with Crippen molar-refractivity contribution in [2.24, 2.45) is 0 Å². The largest absolute Gasteiger partial charge is 0.493 e. The van der Waals surface area contributed by atoms with Crippen molar-refractivity contribution in [2.45, 2.75) is 6.37 Å². The lowest BCUT2D eigenvalue weighted by molar-refractivity contribution is 0.0357. The van der Waals surface area contributed by atoms with Crippen LogP contribution in [0.3, 0.4) is 0 Å². The number of methoxy groups -OCH3 is 1. The maximum Gasteiger partial charge on any atom is 0.162 e. The summed E-state index contributed by atoms with van der Waals surface area (Å²) >= 11 is 5.78. The number of benzene rings is 2. The lowest BCUT2D eigenvalue weighted by atomic mass is 10.2. The SMILES string of the molecule is [2H]c1nc(Nc2c([2H])c([2H])c(F)c(Cl)c2[2H])c2c([2H])c(OC([2H])([2H])C([2H])([2H])C([2H])([2H])N3C([2H])([2H])C([2H])([2H])OC([2H])([2H])C3([2H])[2H])c(OC([2H])([2H])[2H])c([2H])c2n1. The highest BCUT2D eigenvalue weighted by atomic mass is 35.5. The second-order valence-electron chi connectivity index (χ2n) is 5.22. The Hall–Kier alpha value is -2.68. The van der Waals surface area contributed by atoms with Crippen LogP contribution in [0.15, 0.2) is 36.5 Å². The topological polar surface area (TPSA) is 68.7 Å². The fraction of sp³-hybridized carbons (Fsp3) is 0.364. The van der Waals surface area contributed by atoms with Gasteiger partial charge in [-0.1, -0.05) is 11.6 Å². The van der Waals surface area contributed by atoms with E-state index in [0.717, 1.165) is 0 Å². The zero-order valence-electron chi connectivity index (χ0n) is 37.8. The number of anilines is 2. The maximum absolute atomic E-state index is 14.3. The molecular formula is C22H24ClFN4O3. The summed E-state index contributed by atoms with van der Waals surface area (Å²) in [6.07, 6.45) is -5.50. The third-order valence-electron chi connectivity index (χ3n) is 3.33. The van der Waals surface area contributed by atoms with Crippen LogP contribution in [-0.4, -0.2) is 61.1 Å². The number of morpholine rings is 1. The van der Waals surface area contributed by atoms with Crippen LogP contribution in [0, 0.1) is 5.82 Å². The number of hydrogen-bond acceptors (Lipinski definition) is 7. The Morgan fingerprint density at radius 3 is 3.03 bits per heavy atom. The molecule has 0 atom stereocenters. The Morgan fingerprint density at radius 2 is 2.19 bits per heavy atom. The molecule has 1 aromatic heterocycles. The van der Waals surface area contributed by atoms with Gasteiger partial charge in [-0.2, -0.15) is 0 Å². The minimum Gasteiger partial charge on any atom is -0.493 e. The third-order valence-corrected chi connectivity index (χ3v) is 3.59. The minimum absolute atomic E-state index is 0.768. The summed E-state index contributed by atoms with van der Waals surface area (Å²) in [5.74, 6) is -5.27. The van der Waals surface area contributed by atoms with Crippen molar-refractivity contribution in [3.8, 4) is 11.5 Å². The van der Waals surface area contributed by atoms with Crippen molar-refractivity contribution in [3.63, 3.8) is 0 Å². The lowest BCUT2D eigenvalue weighted by Crippen LogP contribution is -2.37. The third kappa shape index (κ3) is 5.33. The molecule has 164 valence electrons. The molecule has 4 rings (SSSR count). The Balaban J connectivity index is 2.02. The molecule has 0 saturated carbocycles. The van der Waals surface area contributed by atoms with Crippen molar-refractivity contribution in [2.75, 3.05) is 51.5 Å².